The molecule has 0 rings (SSSR count). The van der Waals surface area contributed by atoms with Gasteiger partial charge >= 0.3 is 67.4 Å². The maximum absolute atomic E-state index is 10.8. The molecule has 8 heavy (non-hydrogen) atoms. The van der Waals surface area contributed by atoms with Crippen LogP contribution in [0.2, 0.25) is 0 Å². The van der Waals surface area contributed by atoms with Gasteiger partial charge in [0.1, 0.15) is 0 Å². The molecule has 0 fully saturated rings. The Morgan fingerprint density at radius 2 is 2.12 bits per heavy atom. The molecule has 0 aliphatic carbocycles. The average molecular weight is 144 g/mol. The second-order valence-corrected chi connectivity index (χ2v) is 5.67. The van der Waals surface area contributed by atoms with E-state index in [1.165, 1.54) is 0 Å². The Kier molecular flexibility index (Phi) is 3.97. The maximum atomic E-state index is 10.8. The van der Waals surface area contributed by atoms with Crippen molar-refractivity contribution >= 4 is 40.7 Å². The Hall–Kier alpha value is 1.26. The molecule has 0 heterocycles. The van der Waals surface area contributed by atoms with E-state index in [1.807, 2.05) is 30.9 Å². The molecule has 2 unspecified atom stereocenters. The monoisotopic (exact) mass is 144 g/mol. The topological polar surface area (TPSA) is 23.1 Å². The minimum absolute atomic E-state index is 0.0694. The second kappa shape index (κ2) is 3.43. The minimum atomic E-state index is -0.713. The van der Waals surface area contributed by atoms with Crippen molar-refractivity contribution < 1.29 is 4.55 Å². The molecule has 0 aliphatic heterocycles. The Bertz CT molecular complexity index is 74.4. The zero-order valence-electron chi connectivity index (χ0n) is 5.72. The van der Waals surface area contributed by atoms with Gasteiger partial charge in [-0.1, -0.05) is 0 Å². The second-order valence-electron chi connectivity index (χ2n) is 2.06. The zero-order chi connectivity index (χ0) is 6.78. The zero-order valence-corrected chi connectivity index (χ0v) is 7.36. The SMILES string of the molecule is [Li][C](C)(SC)[S+](C)[O-]. The molecule has 2 atom stereocenters. The molecule has 0 bridgehead atoms. The molecule has 4 heteroatoms. The van der Waals surface area contributed by atoms with Crippen LogP contribution in [0.5, 0.6) is 0 Å². The van der Waals surface area contributed by atoms with Crippen molar-refractivity contribution in [1.82, 2.24) is 0 Å². The number of hydrogen-bond acceptors (Lipinski definition) is 2. The number of rotatable bonds is 2. The fourth-order valence-corrected chi connectivity index (χ4v) is 1.06. The Morgan fingerprint density at radius 3 is 2.12 bits per heavy atom. The summed E-state index contributed by atoms with van der Waals surface area (Å²) in [5, 5.41) is 0. The van der Waals surface area contributed by atoms with Crippen LogP contribution in [0.1, 0.15) is 6.92 Å². The summed E-state index contributed by atoms with van der Waals surface area (Å²) in [4.78, 5) is 0. The van der Waals surface area contributed by atoms with Gasteiger partial charge in [-0.05, 0) is 0 Å². The predicted molar refractivity (Wildman–Crippen MR) is 41.7 cm³/mol. The van der Waals surface area contributed by atoms with E-state index < -0.39 is 11.2 Å². The van der Waals surface area contributed by atoms with Gasteiger partial charge in [0.25, 0.3) is 0 Å². The van der Waals surface area contributed by atoms with Gasteiger partial charge in [-0.15, -0.1) is 0 Å². The van der Waals surface area contributed by atoms with Gasteiger partial charge < -0.3 is 0 Å². The van der Waals surface area contributed by atoms with Crippen LogP contribution in [0, 0.1) is 0 Å². The summed E-state index contributed by atoms with van der Waals surface area (Å²) in [5.74, 6) is 0. The van der Waals surface area contributed by atoms with E-state index in [2.05, 4.69) is 0 Å². The van der Waals surface area contributed by atoms with Crippen molar-refractivity contribution in [3.8, 4) is 0 Å². The van der Waals surface area contributed by atoms with Gasteiger partial charge in [-0.2, -0.15) is 0 Å². The average Bonchev–Trinajstić information content (AvgIpc) is 1.67. The molecule has 0 spiro atoms. The first-order valence-electron chi connectivity index (χ1n) is 2.39. The molecule has 1 nitrogen and oxygen atoms in total. The summed E-state index contributed by atoms with van der Waals surface area (Å²) >= 11 is 2.90. The van der Waals surface area contributed by atoms with Crippen LogP contribution >= 0.6 is 11.8 Å². The third-order valence-electron chi connectivity index (χ3n) is 1.18. The predicted octanol–water partition coefficient (Wildman–Crippen LogP) is 0.570. The van der Waals surface area contributed by atoms with Crippen molar-refractivity contribution in [2.45, 2.75) is 9.68 Å². The van der Waals surface area contributed by atoms with Crippen molar-refractivity contribution in [3.05, 3.63) is 0 Å². The van der Waals surface area contributed by atoms with Gasteiger partial charge in [-0.3, -0.25) is 0 Å². The van der Waals surface area contributed by atoms with Crippen molar-refractivity contribution in [2.24, 2.45) is 0 Å². The van der Waals surface area contributed by atoms with Gasteiger partial charge in [0.15, 0.2) is 0 Å². The van der Waals surface area contributed by atoms with E-state index in [4.69, 9.17) is 0 Å². The normalized spacial score (nSPS) is 22.2. The molecular formula is C4H9LiOS2. The summed E-state index contributed by atoms with van der Waals surface area (Å²) in [6.45, 7) is 1.98. The van der Waals surface area contributed by atoms with Gasteiger partial charge in [0.2, 0.25) is 0 Å². The summed E-state index contributed by atoms with van der Waals surface area (Å²) in [5.41, 5.74) is 0. The van der Waals surface area contributed by atoms with Gasteiger partial charge in [-0.25, -0.2) is 0 Å². The molecule has 0 amide bonds. The van der Waals surface area contributed by atoms with E-state index in [0.29, 0.717) is 0 Å². The summed E-state index contributed by atoms with van der Waals surface area (Å²) < 4.78 is 10.7. The van der Waals surface area contributed by atoms with Crippen molar-refractivity contribution in [3.63, 3.8) is 0 Å². The Morgan fingerprint density at radius 1 is 1.75 bits per heavy atom. The van der Waals surface area contributed by atoms with Crippen LogP contribution in [0.15, 0.2) is 0 Å². The van der Waals surface area contributed by atoms with Crippen LogP contribution in [0.3, 0.4) is 0 Å². The first-order chi connectivity index (χ1) is 3.50. The van der Waals surface area contributed by atoms with Crippen LogP contribution in [0.4, 0.5) is 0 Å². The fourth-order valence-electron chi connectivity index (χ4n) is 0.117. The molecule has 0 aromatic rings. The third kappa shape index (κ3) is 2.70. The molecule has 44 valence electrons. The fraction of sp³-hybridized carbons (Fsp3) is 1.00. The van der Waals surface area contributed by atoms with Crippen molar-refractivity contribution in [2.75, 3.05) is 12.5 Å². The first kappa shape index (κ1) is 9.26. The van der Waals surface area contributed by atoms with E-state index in [1.54, 1.807) is 18.0 Å². The first-order valence-corrected chi connectivity index (χ1v) is 5.17. The Balaban J connectivity index is 3.71. The molecule has 0 aromatic carbocycles. The van der Waals surface area contributed by atoms with Crippen LogP contribution < -0.4 is 0 Å². The summed E-state index contributed by atoms with van der Waals surface area (Å²) in [6.07, 6.45) is 3.71. The standard InChI is InChI=1S/C4H9OS2.Li/c1-4(6-2)7(3)5;/h1-3H3;. The molecule has 0 saturated heterocycles. The molecule has 0 aromatic heterocycles. The van der Waals surface area contributed by atoms with Crippen LogP contribution in [-0.4, -0.2) is 37.5 Å². The van der Waals surface area contributed by atoms with Crippen LogP contribution in [-0.2, 0) is 11.2 Å². The molecule has 0 aliphatic rings. The molecular weight excluding hydrogens is 135 g/mol. The molecule has 0 N–H and O–H groups in total. The van der Waals surface area contributed by atoms with Gasteiger partial charge in [0, 0.05) is 0 Å². The van der Waals surface area contributed by atoms with Crippen LogP contribution in [0.25, 0.3) is 0 Å². The number of hydrogen-bond donors (Lipinski definition) is 0. The quantitative estimate of drug-likeness (QED) is 0.418. The van der Waals surface area contributed by atoms with Gasteiger partial charge in [0.05, 0.1) is 0 Å². The molecule has 0 saturated carbocycles. The van der Waals surface area contributed by atoms with Crippen molar-refractivity contribution in [1.29, 1.82) is 0 Å². The van der Waals surface area contributed by atoms with E-state index >= 15 is 0 Å². The number of thioether (sulfide) groups is 1. The third-order valence-corrected chi connectivity index (χ3v) is 4.76. The summed E-state index contributed by atoms with van der Waals surface area (Å²) in [7, 11) is 0. The van der Waals surface area contributed by atoms with E-state index in [-0.39, 0.29) is 2.75 Å². The Labute approximate surface area is 67.4 Å². The summed E-state index contributed by atoms with van der Waals surface area (Å²) in [6, 6.07) is 0. The van der Waals surface area contributed by atoms with E-state index in [9.17, 15) is 4.55 Å². The van der Waals surface area contributed by atoms with E-state index in [0.717, 1.165) is 0 Å². The molecule has 0 radical (unpaired) electrons.